The summed E-state index contributed by atoms with van der Waals surface area (Å²) >= 11 is 1.64. The molecule has 21 heavy (non-hydrogen) atoms. The standard InChI is InChI=1S/C17H21NO2S/c1-11-6-12(2)9-18(8-11)15-10-21-16-5-4-13(20-3)7-14(16)17(15)19/h4-5,7,10-12H,6,8-9H2,1-3H3/t11-,12+. The molecule has 0 amide bonds. The third kappa shape index (κ3) is 2.77. The largest absolute Gasteiger partial charge is 0.497 e. The zero-order valence-electron chi connectivity index (χ0n) is 12.8. The summed E-state index contributed by atoms with van der Waals surface area (Å²) in [6, 6.07) is 5.73. The van der Waals surface area contributed by atoms with Crippen molar-refractivity contribution in [3.63, 3.8) is 0 Å². The molecule has 2 atom stereocenters. The van der Waals surface area contributed by atoms with Gasteiger partial charge in [0.15, 0.2) is 0 Å². The highest BCUT2D eigenvalue weighted by Crippen LogP contribution is 2.28. The lowest BCUT2D eigenvalue weighted by atomic mass is 9.91. The van der Waals surface area contributed by atoms with Crippen LogP contribution < -0.4 is 15.1 Å². The minimum atomic E-state index is 0.129. The highest BCUT2D eigenvalue weighted by Gasteiger charge is 2.24. The Labute approximate surface area is 129 Å². The number of methoxy groups -OCH3 is 1. The van der Waals surface area contributed by atoms with Gasteiger partial charge in [-0.3, -0.25) is 4.79 Å². The molecule has 1 fully saturated rings. The van der Waals surface area contributed by atoms with Gasteiger partial charge in [0.1, 0.15) is 5.75 Å². The van der Waals surface area contributed by atoms with Crippen LogP contribution in [0.1, 0.15) is 20.3 Å². The van der Waals surface area contributed by atoms with E-state index in [4.69, 9.17) is 4.74 Å². The van der Waals surface area contributed by atoms with Crippen LogP contribution in [0, 0.1) is 11.8 Å². The molecule has 1 saturated heterocycles. The number of rotatable bonds is 2. The normalized spacial score (nSPS) is 22.5. The van der Waals surface area contributed by atoms with Crippen molar-refractivity contribution < 1.29 is 4.74 Å². The van der Waals surface area contributed by atoms with Crippen molar-refractivity contribution in [3.8, 4) is 5.75 Å². The van der Waals surface area contributed by atoms with Crippen LogP contribution in [0.5, 0.6) is 5.75 Å². The molecule has 2 heterocycles. The molecule has 3 rings (SSSR count). The Bertz CT molecular complexity index is 699. The Balaban J connectivity index is 2.07. The van der Waals surface area contributed by atoms with E-state index in [1.54, 1.807) is 18.4 Å². The van der Waals surface area contributed by atoms with Crippen LogP contribution in [-0.2, 0) is 0 Å². The highest BCUT2D eigenvalue weighted by molar-refractivity contribution is 7.16. The van der Waals surface area contributed by atoms with Crippen LogP contribution in [0.2, 0.25) is 0 Å². The number of hydrogen-bond donors (Lipinski definition) is 0. The zero-order valence-corrected chi connectivity index (χ0v) is 13.6. The molecule has 1 aliphatic rings. The second kappa shape index (κ2) is 5.68. The van der Waals surface area contributed by atoms with Crippen molar-refractivity contribution in [2.75, 3.05) is 25.1 Å². The summed E-state index contributed by atoms with van der Waals surface area (Å²) in [7, 11) is 1.63. The lowest BCUT2D eigenvalue weighted by molar-refractivity contribution is 0.356. The summed E-state index contributed by atoms with van der Waals surface area (Å²) in [5.74, 6) is 2.02. The molecule has 0 unspecified atom stereocenters. The molecule has 0 radical (unpaired) electrons. The van der Waals surface area contributed by atoms with Gasteiger partial charge in [0.05, 0.1) is 12.8 Å². The molecular weight excluding hydrogens is 282 g/mol. The van der Waals surface area contributed by atoms with E-state index in [1.807, 2.05) is 23.6 Å². The van der Waals surface area contributed by atoms with Gasteiger partial charge < -0.3 is 9.64 Å². The topological polar surface area (TPSA) is 29.5 Å². The van der Waals surface area contributed by atoms with E-state index >= 15 is 0 Å². The molecule has 1 aromatic heterocycles. The quantitative estimate of drug-likeness (QED) is 0.846. The van der Waals surface area contributed by atoms with E-state index in [2.05, 4.69) is 18.7 Å². The van der Waals surface area contributed by atoms with E-state index in [0.29, 0.717) is 11.8 Å². The lowest BCUT2D eigenvalue weighted by Crippen LogP contribution is -2.40. The Kier molecular flexibility index (Phi) is 3.89. The van der Waals surface area contributed by atoms with Crippen LogP contribution in [0.25, 0.3) is 10.1 Å². The van der Waals surface area contributed by atoms with Crippen molar-refractivity contribution in [2.24, 2.45) is 11.8 Å². The first-order valence-corrected chi connectivity index (χ1v) is 8.31. The molecule has 1 aliphatic heterocycles. The smallest absolute Gasteiger partial charge is 0.211 e. The summed E-state index contributed by atoms with van der Waals surface area (Å²) in [5.41, 5.74) is 0.975. The number of piperidine rings is 1. The number of benzene rings is 1. The summed E-state index contributed by atoms with van der Waals surface area (Å²) in [6.07, 6.45) is 1.25. The summed E-state index contributed by atoms with van der Waals surface area (Å²) in [5, 5.41) is 2.78. The van der Waals surface area contributed by atoms with Gasteiger partial charge in [0, 0.05) is 28.6 Å². The fourth-order valence-electron chi connectivity index (χ4n) is 3.30. The highest BCUT2D eigenvalue weighted by atomic mass is 32.1. The van der Waals surface area contributed by atoms with Gasteiger partial charge in [-0.25, -0.2) is 0 Å². The molecule has 112 valence electrons. The van der Waals surface area contributed by atoms with Crippen molar-refractivity contribution in [1.29, 1.82) is 0 Å². The van der Waals surface area contributed by atoms with Gasteiger partial charge in [0.25, 0.3) is 0 Å². The average molecular weight is 303 g/mol. The average Bonchev–Trinajstić information content (AvgIpc) is 2.46. The number of anilines is 1. The van der Waals surface area contributed by atoms with Crippen LogP contribution in [-0.4, -0.2) is 20.2 Å². The lowest BCUT2D eigenvalue weighted by Gasteiger charge is -2.36. The molecule has 0 bridgehead atoms. The molecule has 0 saturated carbocycles. The van der Waals surface area contributed by atoms with Crippen molar-refractivity contribution in [2.45, 2.75) is 20.3 Å². The second-order valence-corrected chi connectivity index (χ2v) is 7.07. The number of nitrogens with zero attached hydrogens (tertiary/aromatic N) is 1. The molecule has 0 aliphatic carbocycles. The van der Waals surface area contributed by atoms with Gasteiger partial charge in [-0.1, -0.05) is 13.8 Å². The van der Waals surface area contributed by atoms with Crippen molar-refractivity contribution in [3.05, 3.63) is 33.8 Å². The summed E-state index contributed by atoms with van der Waals surface area (Å²) in [4.78, 5) is 15.1. The maximum absolute atomic E-state index is 12.8. The number of hydrogen-bond acceptors (Lipinski definition) is 4. The van der Waals surface area contributed by atoms with Gasteiger partial charge in [-0.15, -0.1) is 11.3 Å². The Morgan fingerprint density at radius 2 is 1.95 bits per heavy atom. The van der Waals surface area contributed by atoms with Gasteiger partial charge in [-0.2, -0.15) is 0 Å². The number of fused-ring (bicyclic) bond motifs is 1. The number of ether oxygens (including phenoxy) is 1. The van der Waals surface area contributed by atoms with E-state index in [9.17, 15) is 4.79 Å². The SMILES string of the molecule is COc1ccc2scc(N3C[C@H](C)C[C@H](C)C3)c(=O)c2c1. The molecule has 2 aromatic rings. The first-order valence-electron chi connectivity index (χ1n) is 7.43. The van der Waals surface area contributed by atoms with Crippen LogP contribution in [0.3, 0.4) is 0 Å². The first kappa shape index (κ1) is 14.4. The molecule has 0 spiro atoms. The molecule has 0 N–H and O–H groups in total. The third-order valence-corrected chi connectivity index (χ3v) is 5.12. The van der Waals surface area contributed by atoms with Crippen molar-refractivity contribution >= 4 is 27.1 Å². The molecule has 1 aromatic carbocycles. The van der Waals surface area contributed by atoms with E-state index in [-0.39, 0.29) is 5.43 Å². The minimum absolute atomic E-state index is 0.129. The fourth-order valence-corrected chi connectivity index (χ4v) is 4.22. The van der Waals surface area contributed by atoms with Crippen LogP contribution >= 0.6 is 11.3 Å². The third-order valence-electron chi connectivity index (χ3n) is 4.17. The summed E-state index contributed by atoms with van der Waals surface area (Å²) in [6.45, 7) is 6.48. The predicted octanol–water partition coefficient (Wildman–Crippen LogP) is 3.75. The molecule has 3 nitrogen and oxygen atoms in total. The summed E-state index contributed by atoms with van der Waals surface area (Å²) < 4.78 is 6.27. The van der Waals surface area contributed by atoms with Gasteiger partial charge >= 0.3 is 0 Å². The molecular formula is C17H21NO2S. The molecule has 4 heteroatoms. The Morgan fingerprint density at radius 3 is 2.62 bits per heavy atom. The Hall–Kier alpha value is -1.55. The van der Waals surface area contributed by atoms with Crippen molar-refractivity contribution in [1.82, 2.24) is 0 Å². The second-order valence-electron chi connectivity index (χ2n) is 6.16. The van der Waals surface area contributed by atoms with Gasteiger partial charge in [0.2, 0.25) is 5.43 Å². The van der Waals surface area contributed by atoms with Crippen LogP contribution in [0.4, 0.5) is 5.69 Å². The maximum atomic E-state index is 12.8. The minimum Gasteiger partial charge on any atom is -0.497 e. The van der Waals surface area contributed by atoms with E-state index in [0.717, 1.165) is 34.6 Å². The maximum Gasteiger partial charge on any atom is 0.211 e. The predicted molar refractivity (Wildman–Crippen MR) is 89.8 cm³/mol. The Morgan fingerprint density at radius 1 is 1.24 bits per heavy atom. The first-order chi connectivity index (χ1) is 10.1. The van der Waals surface area contributed by atoms with E-state index in [1.165, 1.54) is 6.42 Å². The van der Waals surface area contributed by atoms with E-state index < -0.39 is 0 Å². The fraction of sp³-hybridized carbons (Fsp3) is 0.471. The zero-order chi connectivity index (χ0) is 15.0. The van der Waals surface area contributed by atoms with Crippen LogP contribution in [0.15, 0.2) is 28.4 Å². The van der Waals surface area contributed by atoms with Gasteiger partial charge in [-0.05, 0) is 36.5 Å². The monoisotopic (exact) mass is 303 g/mol.